The van der Waals surface area contributed by atoms with Crippen LogP contribution < -0.4 is 10.4 Å². The van der Waals surface area contributed by atoms with Gasteiger partial charge in [-0.2, -0.15) is 0 Å². The number of benzene rings is 1. The highest BCUT2D eigenvalue weighted by Crippen LogP contribution is 2.41. The number of nitrogens with one attached hydrogen (secondary N) is 1. The highest BCUT2D eigenvalue weighted by Gasteiger charge is 2.45. The summed E-state index contributed by atoms with van der Waals surface area (Å²) in [5.41, 5.74) is 5.67. The summed E-state index contributed by atoms with van der Waals surface area (Å²) in [6, 6.07) is 7.15. The minimum Gasteiger partial charge on any atom is -0.394 e. The van der Waals surface area contributed by atoms with E-state index in [1.165, 1.54) is 6.40 Å². The van der Waals surface area contributed by atoms with Crippen LogP contribution in [-0.2, 0) is 14.7 Å². The number of piperidine rings is 1. The molecule has 5 rings (SSSR count). The summed E-state index contributed by atoms with van der Waals surface area (Å²) >= 11 is 1.64. The van der Waals surface area contributed by atoms with E-state index in [1.54, 1.807) is 29.8 Å². The number of hydrogen-bond acceptors (Lipinski definition) is 9. The molecule has 1 N–H and O–H groups in total. The standard InChI is InChI=1S/C25H31N5O3S2/c1-4-13-35(31,32)20-7-5-18(6-8-20)21-14-34-23-22(21)26-15-27-24(23)30-11-9-19(10-12-30)25(17(2)3)28-16-33-29-25/h5-8,14-17,19,29H,4,9-13H2,1-3H3. The van der Waals surface area contributed by atoms with E-state index in [-0.39, 0.29) is 11.4 Å². The molecule has 0 saturated carbocycles. The van der Waals surface area contributed by atoms with E-state index in [9.17, 15) is 8.42 Å². The molecule has 2 aliphatic heterocycles. The maximum Gasteiger partial charge on any atom is 0.198 e. The average Bonchev–Trinajstić information content (AvgIpc) is 3.53. The normalized spacial score (nSPS) is 21.2. The molecule has 1 unspecified atom stereocenters. The lowest BCUT2D eigenvalue weighted by atomic mass is 9.78. The molecule has 1 atom stereocenters. The zero-order chi connectivity index (χ0) is 24.6. The zero-order valence-electron chi connectivity index (χ0n) is 20.3. The van der Waals surface area contributed by atoms with Crippen molar-refractivity contribution in [3.63, 3.8) is 0 Å². The van der Waals surface area contributed by atoms with E-state index in [1.807, 2.05) is 19.1 Å². The molecule has 3 aromatic rings. The van der Waals surface area contributed by atoms with Crippen molar-refractivity contribution in [2.24, 2.45) is 16.8 Å². The lowest BCUT2D eigenvalue weighted by molar-refractivity contribution is 0.0341. The number of hydroxylamine groups is 1. The predicted octanol–water partition coefficient (Wildman–Crippen LogP) is 4.67. The quantitative estimate of drug-likeness (QED) is 0.490. The number of sulfone groups is 1. The molecule has 0 bridgehead atoms. The second-order valence-corrected chi connectivity index (χ2v) is 12.6. The van der Waals surface area contributed by atoms with Crippen molar-refractivity contribution in [3.8, 4) is 11.1 Å². The van der Waals surface area contributed by atoms with E-state index in [0.29, 0.717) is 23.2 Å². The van der Waals surface area contributed by atoms with Gasteiger partial charge in [-0.1, -0.05) is 32.9 Å². The second kappa shape index (κ2) is 9.48. The molecule has 0 aliphatic carbocycles. The zero-order valence-corrected chi connectivity index (χ0v) is 21.9. The molecule has 2 aliphatic rings. The van der Waals surface area contributed by atoms with Crippen molar-refractivity contribution in [3.05, 3.63) is 36.0 Å². The van der Waals surface area contributed by atoms with E-state index in [4.69, 9.17) is 4.84 Å². The van der Waals surface area contributed by atoms with Gasteiger partial charge in [-0.3, -0.25) is 0 Å². The Labute approximate surface area is 210 Å². The van der Waals surface area contributed by atoms with Crippen molar-refractivity contribution in [1.82, 2.24) is 15.4 Å². The van der Waals surface area contributed by atoms with Crippen molar-refractivity contribution in [2.75, 3.05) is 23.7 Å². The second-order valence-electron chi connectivity index (χ2n) is 9.56. The molecule has 10 heteroatoms. The number of hydrogen-bond donors (Lipinski definition) is 1. The van der Waals surface area contributed by atoms with Gasteiger partial charge in [-0.15, -0.1) is 16.8 Å². The monoisotopic (exact) mass is 513 g/mol. The molecule has 35 heavy (non-hydrogen) atoms. The molecule has 1 aromatic carbocycles. The molecule has 0 radical (unpaired) electrons. The van der Waals surface area contributed by atoms with Crippen LogP contribution in [0, 0.1) is 11.8 Å². The first kappa shape index (κ1) is 24.1. The molecule has 4 heterocycles. The summed E-state index contributed by atoms with van der Waals surface area (Å²) in [5.74, 6) is 1.84. The summed E-state index contributed by atoms with van der Waals surface area (Å²) in [4.78, 5) is 21.9. The van der Waals surface area contributed by atoms with Crippen LogP contribution >= 0.6 is 11.3 Å². The Hall–Kier alpha value is -2.56. The SMILES string of the molecule is CCCS(=O)(=O)c1ccc(-c2csc3c(N4CCC(C5(C(C)C)N=CON5)CC4)ncnc23)cc1. The molecule has 1 saturated heterocycles. The van der Waals surface area contributed by atoms with Gasteiger partial charge in [-0.05, 0) is 42.9 Å². The Morgan fingerprint density at radius 1 is 1.20 bits per heavy atom. The van der Waals surface area contributed by atoms with Gasteiger partial charge in [0.25, 0.3) is 0 Å². The van der Waals surface area contributed by atoms with Crippen molar-refractivity contribution >= 4 is 43.6 Å². The number of aromatic nitrogens is 2. The van der Waals surface area contributed by atoms with Gasteiger partial charge >= 0.3 is 0 Å². The van der Waals surface area contributed by atoms with Gasteiger partial charge < -0.3 is 9.74 Å². The maximum absolute atomic E-state index is 12.4. The average molecular weight is 514 g/mol. The summed E-state index contributed by atoms with van der Waals surface area (Å²) < 4.78 is 25.8. The number of nitrogens with zero attached hydrogens (tertiary/aromatic N) is 4. The number of thiophene rings is 1. The third kappa shape index (κ3) is 4.32. The lowest BCUT2D eigenvalue weighted by Crippen LogP contribution is -2.54. The minimum atomic E-state index is -3.23. The van der Waals surface area contributed by atoms with Crippen LogP contribution in [0.4, 0.5) is 5.82 Å². The fraction of sp³-hybridized carbons (Fsp3) is 0.480. The van der Waals surface area contributed by atoms with E-state index >= 15 is 0 Å². The van der Waals surface area contributed by atoms with Crippen LogP contribution in [0.5, 0.6) is 0 Å². The smallest absolute Gasteiger partial charge is 0.198 e. The third-order valence-electron chi connectivity index (χ3n) is 7.17. The van der Waals surface area contributed by atoms with Crippen molar-refractivity contribution < 1.29 is 13.3 Å². The molecule has 1 fully saturated rings. The van der Waals surface area contributed by atoms with E-state index < -0.39 is 9.84 Å². The highest BCUT2D eigenvalue weighted by atomic mass is 32.2. The van der Waals surface area contributed by atoms with Gasteiger partial charge in [0.1, 0.15) is 12.1 Å². The number of rotatable bonds is 7. The Balaban J connectivity index is 1.38. The molecule has 2 aromatic heterocycles. The molecule has 186 valence electrons. The molecule has 0 spiro atoms. The van der Waals surface area contributed by atoms with Gasteiger partial charge in [0.15, 0.2) is 21.9 Å². The fourth-order valence-corrected chi connectivity index (χ4v) is 7.58. The topological polar surface area (TPSA) is 96.8 Å². The highest BCUT2D eigenvalue weighted by molar-refractivity contribution is 7.91. The Morgan fingerprint density at radius 3 is 2.57 bits per heavy atom. The van der Waals surface area contributed by atoms with Crippen LogP contribution in [0.25, 0.3) is 21.3 Å². The summed E-state index contributed by atoms with van der Waals surface area (Å²) in [5, 5.41) is 2.09. The van der Waals surface area contributed by atoms with Crippen LogP contribution in [0.1, 0.15) is 40.0 Å². The van der Waals surface area contributed by atoms with Crippen LogP contribution in [-0.4, -0.2) is 49.3 Å². The van der Waals surface area contributed by atoms with Gasteiger partial charge in [0.2, 0.25) is 0 Å². The maximum atomic E-state index is 12.4. The minimum absolute atomic E-state index is 0.161. The van der Waals surface area contributed by atoms with Crippen molar-refractivity contribution in [1.29, 1.82) is 0 Å². The van der Waals surface area contributed by atoms with Crippen LogP contribution in [0.3, 0.4) is 0 Å². The Morgan fingerprint density at radius 2 is 1.94 bits per heavy atom. The van der Waals surface area contributed by atoms with Gasteiger partial charge in [-0.25, -0.2) is 23.4 Å². The molecular weight excluding hydrogens is 482 g/mol. The van der Waals surface area contributed by atoms with E-state index in [2.05, 4.69) is 44.6 Å². The number of anilines is 1. The fourth-order valence-electron chi connectivity index (χ4n) is 5.22. The summed E-state index contributed by atoms with van der Waals surface area (Å²) in [6.45, 7) is 8.01. The molecule has 0 amide bonds. The van der Waals surface area contributed by atoms with Crippen molar-refractivity contribution in [2.45, 2.75) is 50.6 Å². The summed E-state index contributed by atoms with van der Waals surface area (Å²) in [6.07, 6.45) is 5.74. The number of fused-ring (bicyclic) bond motifs is 1. The lowest BCUT2D eigenvalue weighted by Gasteiger charge is -2.42. The third-order valence-corrected chi connectivity index (χ3v) is 10.1. The first-order valence-electron chi connectivity index (χ1n) is 12.1. The van der Waals surface area contributed by atoms with Gasteiger partial charge in [0, 0.05) is 30.0 Å². The summed E-state index contributed by atoms with van der Waals surface area (Å²) in [7, 11) is -3.23. The Bertz CT molecular complexity index is 1330. The Kier molecular flexibility index (Phi) is 6.54. The first-order valence-corrected chi connectivity index (χ1v) is 14.7. The van der Waals surface area contributed by atoms with Gasteiger partial charge in [0.05, 0.1) is 20.9 Å². The predicted molar refractivity (Wildman–Crippen MR) is 140 cm³/mol. The number of aliphatic imine (C=N–C) groups is 1. The first-order chi connectivity index (χ1) is 16.9. The van der Waals surface area contributed by atoms with Crippen LogP contribution in [0.2, 0.25) is 0 Å². The molecule has 8 nitrogen and oxygen atoms in total. The molecular formula is C25H31N5O3S2. The largest absolute Gasteiger partial charge is 0.394 e. The van der Waals surface area contributed by atoms with E-state index in [0.717, 1.165) is 53.1 Å². The van der Waals surface area contributed by atoms with Crippen LogP contribution in [0.15, 0.2) is 45.9 Å².